The molecule has 1 aliphatic heterocycles. The Morgan fingerprint density at radius 3 is 2.46 bits per heavy atom. The number of carboxylic acids is 1. The molecular formula is C15H28NO9P. The fourth-order valence-electron chi connectivity index (χ4n) is 1.94. The van der Waals surface area contributed by atoms with E-state index in [0.29, 0.717) is 0 Å². The van der Waals surface area contributed by atoms with Crippen molar-refractivity contribution in [3.8, 4) is 0 Å². The first-order chi connectivity index (χ1) is 11.8. The Morgan fingerprint density at radius 1 is 1.31 bits per heavy atom. The second-order valence-electron chi connectivity index (χ2n) is 7.68. The molecule has 11 heteroatoms. The number of carbonyl (C=O) groups excluding carboxylic acids is 2. The SMILES string of the molecule is CC(C)(C)C(=O)OCO[C@@]1(O)OC[PH](C)(C)[C@H](C(=O)NCCC(=O)O)O1. The van der Waals surface area contributed by atoms with Crippen LogP contribution in [0, 0.1) is 5.41 Å². The summed E-state index contributed by atoms with van der Waals surface area (Å²) in [5.41, 5.74) is -0.748. The van der Waals surface area contributed by atoms with Crippen molar-refractivity contribution in [3.63, 3.8) is 0 Å². The molecule has 0 aliphatic carbocycles. The van der Waals surface area contributed by atoms with Crippen molar-refractivity contribution < 1.29 is 43.5 Å². The van der Waals surface area contributed by atoms with Crippen LogP contribution in [0.1, 0.15) is 27.2 Å². The summed E-state index contributed by atoms with van der Waals surface area (Å²) in [6, 6.07) is 0. The van der Waals surface area contributed by atoms with Gasteiger partial charge in [0.1, 0.15) is 0 Å². The number of esters is 1. The van der Waals surface area contributed by atoms with Gasteiger partial charge in [-0.3, -0.25) is 0 Å². The van der Waals surface area contributed by atoms with E-state index in [4.69, 9.17) is 24.1 Å². The number of carbonyl (C=O) groups is 3. The number of ether oxygens (including phenoxy) is 4. The molecule has 26 heavy (non-hydrogen) atoms. The molecule has 1 fully saturated rings. The van der Waals surface area contributed by atoms with E-state index in [2.05, 4.69) is 5.32 Å². The summed E-state index contributed by atoms with van der Waals surface area (Å²) in [5, 5.41) is 21.3. The Labute approximate surface area is 152 Å². The number of carboxylic acid groups (broad SMARTS) is 1. The molecule has 1 rings (SSSR count). The first-order valence-corrected chi connectivity index (χ1v) is 11.4. The van der Waals surface area contributed by atoms with Gasteiger partial charge in [0.2, 0.25) is 0 Å². The van der Waals surface area contributed by atoms with Crippen LogP contribution < -0.4 is 5.32 Å². The van der Waals surface area contributed by atoms with Crippen molar-refractivity contribution in [1.82, 2.24) is 5.32 Å². The molecule has 10 nitrogen and oxygen atoms in total. The van der Waals surface area contributed by atoms with Gasteiger partial charge in [0.15, 0.2) is 0 Å². The van der Waals surface area contributed by atoms with Crippen molar-refractivity contribution >= 4 is 25.1 Å². The number of amides is 1. The number of aliphatic carboxylic acids is 1. The second-order valence-corrected chi connectivity index (χ2v) is 12.5. The Morgan fingerprint density at radius 2 is 1.92 bits per heavy atom. The fourth-order valence-corrected chi connectivity index (χ4v) is 3.92. The number of hydrogen-bond acceptors (Lipinski definition) is 8. The first-order valence-electron chi connectivity index (χ1n) is 8.12. The summed E-state index contributed by atoms with van der Waals surface area (Å²) in [6.45, 7) is 7.90. The van der Waals surface area contributed by atoms with Crippen LogP contribution in [-0.2, 0) is 33.3 Å². The summed E-state index contributed by atoms with van der Waals surface area (Å²) in [4.78, 5) is 34.5. The van der Waals surface area contributed by atoms with E-state index < -0.39 is 49.3 Å². The van der Waals surface area contributed by atoms with Crippen LogP contribution >= 0.6 is 7.26 Å². The predicted octanol–water partition coefficient (Wildman–Crippen LogP) is 0.0842. The van der Waals surface area contributed by atoms with Crippen molar-refractivity contribution in [1.29, 1.82) is 0 Å². The molecule has 0 aromatic carbocycles. The van der Waals surface area contributed by atoms with Crippen LogP contribution in [0.2, 0.25) is 0 Å². The molecule has 152 valence electrons. The third kappa shape index (κ3) is 6.77. The van der Waals surface area contributed by atoms with Crippen LogP contribution in [0.4, 0.5) is 0 Å². The zero-order valence-corrected chi connectivity index (χ0v) is 16.7. The fraction of sp³-hybridized carbons (Fsp3) is 0.800. The number of aliphatic hydroxyl groups is 1. The maximum atomic E-state index is 12.3. The van der Waals surface area contributed by atoms with Crippen LogP contribution in [0.15, 0.2) is 0 Å². The molecule has 1 amide bonds. The maximum absolute atomic E-state index is 12.3. The molecule has 0 saturated carbocycles. The van der Waals surface area contributed by atoms with Gasteiger partial charge >= 0.3 is 152 Å². The molecule has 1 aliphatic rings. The van der Waals surface area contributed by atoms with E-state index in [1.165, 1.54) is 0 Å². The summed E-state index contributed by atoms with van der Waals surface area (Å²) >= 11 is 0. The third-order valence-electron chi connectivity index (χ3n) is 3.52. The van der Waals surface area contributed by atoms with Gasteiger partial charge in [0, 0.05) is 0 Å². The van der Waals surface area contributed by atoms with Crippen LogP contribution in [0.5, 0.6) is 0 Å². The van der Waals surface area contributed by atoms with Crippen LogP contribution in [0.3, 0.4) is 0 Å². The Hall–Kier alpha value is -1.32. The van der Waals surface area contributed by atoms with Gasteiger partial charge < -0.3 is 0 Å². The second kappa shape index (κ2) is 8.58. The van der Waals surface area contributed by atoms with Gasteiger partial charge in [0.25, 0.3) is 0 Å². The predicted molar refractivity (Wildman–Crippen MR) is 92.7 cm³/mol. The normalized spacial score (nSPS) is 26.6. The van der Waals surface area contributed by atoms with E-state index in [0.717, 1.165) is 0 Å². The molecule has 0 bridgehead atoms. The van der Waals surface area contributed by atoms with Crippen LogP contribution in [-0.4, -0.2) is 73.1 Å². The molecule has 2 atom stereocenters. The van der Waals surface area contributed by atoms with Crippen LogP contribution in [0.25, 0.3) is 0 Å². The molecular weight excluding hydrogens is 369 g/mol. The van der Waals surface area contributed by atoms with Gasteiger partial charge in [-0.15, -0.1) is 0 Å². The van der Waals surface area contributed by atoms with Gasteiger partial charge in [0.05, 0.1) is 0 Å². The van der Waals surface area contributed by atoms with Gasteiger partial charge in [-0.1, -0.05) is 0 Å². The zero-order chi connectivity index (χ0) is 20.2. The molecule has 0 unspecified atom stereocenters. The average Bonchev–Trinajstić information content (AvgIpc) is 2.48. The Bertz CT molecular complexity index is 546. The molecule has 3 N–H and O–H groups in total. The van der Waals surface area contributed by atoms with E-state index >= 15 is 0 Å². The summed E-state index contributed by atoms with van der Waals surface area (Å²) < 4.78 is 20.3. The standard InChI is InChI=1S/C15H28NO9P/c1-14(2,3)13(20)22-8-23-15(21)24-9-26(4,5)12(25-15)11(19)16-7-6-10(17)18/h12,21,26H,6-9H2,1-5H3,(H,16,19)(H,17,18)/t12-,15+/m1/s1. The average molecular weight is 397 g/mol. The van der Waals surface area contributed by atoms with Crippen molar-refractivity contribution in [3.05, 3.63) is 0 Å². The molecule has 0 aromatic heterocycles. The van der Waals surface area contributed by atoms with E-state index in [-0.39, 0.29) is 19.3 Å². The number of nitrogens with one attached hydrogen (secondary N) is 1. The van der Waals surface area contributed by atoms with E-state index in [9.17, 15) is 19.5 Å². The minimum absolute atomic E-state index is 0.0493. The molecule has 0 radical (unpaired) electrons. The Balaban J connectivity index is 2.64. The minimum atomic E-state index is -2.53. The molecule has 0 spiro atoms. The van der Waals surface area contributed by atoms with E-state index in [1.54, 1.807) is 20.8 Å². The molecule has 0 aromatic rings. The molecule has 1 heterocycles. The molecule has 1 saturated heterocycles. The van der Waals surface area contributed by atoms with Gasteiger partial charge in [-0.25, -0.2) is 0 Å². The third-order valence-corrected chi connectivity index (χ3v) is 6.21. The number of rotatable bonds is 7. The summed E-state index contributed by atoms with van der Waals surface area (Å²) in [7, 11) is -2.39. The Kier molecular flexibility index (Phi) is 7.50. The zero-order valence-electron chi connectivity index (χ0n) is 15.7. The summed E-state index contributed by atoms with van der Waals surface area (Å²) in [6.07, 6.45) is -2.72. The van der Waals surface area contributed by atoms with Crippen molar-refractivity contribution in [2.45, 2.75) is 39.2 Å². The topological polar surface area (TPSA) is 141 Å². The first kappa shape index (κ1) is 22.7. The van der Waals surface area contributed by atoms with E-state index in [1.807, 2.05) is 13.3 Å². The van der Waals surface area contributed by atoms with Gasteiger partial charge in [-0.05, 0) is 0 Å². The van der Waals surface area contributed by atoms with Crippen molar-refractivity contribution in [2.24, 2.45) is 5.41 Å². The van der Waals surface area contributed by atoms with Gasteiger partial charge in [-0.2, -0.15) is 0 Å². The number of hydrogen-bond donors (Lipinski definition) is 3. The monoisotopic (exact) mass is 397 g/mol. The summed E-state index contributed by atoms with van der Waals surface area (Å²) in [5.74, 6) is -3.18. The quantitative estimate of drug-likeness (QED) is 0.309. The van der Waals surface area contributed by atoms with Crippen molar-refractivity contribution in [2.75, 3.05) is 33.0 Å².